The van der Waals surface area contributed by atoms with Crippen molar-refractivity contribution in [1.29, 1.82) is 0 Å². The summed E-state index contributed by atoms with van der Waals surface area (Å²) in [7, 11) is -2.04. The number of rotatable bonds is 9. The van der Waals surface area contributed by atoms with Gasteiger partial charge in [0.2, 0.25) is 15.9 Å². The van der Waals surface area contributed by atoms with Gasteiger partial charge in [-0.15, -0.1) is 11.3 Å². The fourth-order valence-corrected chi connectivity index (χ4v) is 5.04. The van der Waals surface area contributed by atoms with Gasteiger partial charge >= 0.3 is 0 Å². The molecule has 28 heavy (non-hydrogen) atoms. The summed E-state index contributed by atoms with van der Waals surface area (Å²) in [6.07, 6.45) is 3.40. The number of hydrogen-bond donors (Lipinski definition) is 2. The van der Waals surface area contributed by atoms with E-state index in [0.717, 1.165) is 18.7 Å². The maximum Gasteiger partial charge on any atom is 0.240 e. The molecule has 1 fully saturated rings. The molecule has 1 unspecified atom stereocenters. The van der Waals surface area contributed by atoms with Crippen molar-refractivity contribution in [3.63, 3.8) is 0 Å². The minimum Gasteiger partial charge on any atom is -0.354 e. The molecule has 0 bridgehead atoms. The summed E-state index contributed by atoms with van der Waals surface area (Å²) in [6, 6.07) is 11.1. The van der Waals surface area contributed by atoms with Crippen LogP contribution >= 0.6 is 11.3 Å². The van der Waals surface area contributed by atoms with Crippen molar-refractivity contribution < 1.29 is 13.2 Å². The Morgan fingerprint density at radius 2 is 1.89 bits per heavy atom. The SMILES string of the molecule is CNS(=O)(=O)c1ccc(CCC(=O)NCC(c2cccs2)N2CCCC2)cc1. The van der Waals surface area contributed by atoms with E-state index in [1.807, 2.05) is 0 Å². The Balaban J connectivity index is 1.51. The molecular formula is C20H27N3O3S2. The number of likely N-dealkylation sites (tertiary alicyclic amines) is 1. The lowest BCUT2D eigenvalue weighted by Crippen LogP contribution is -2.36. The van der Waals surface area contributed by atoms with Crippen LogP contribution in [0.2, 0.25) is 0 Å². The van der Waals surface area contributed by atoms with E-state index in [9.17, 15) is 13.2 Å². The quantitative estimate of drug-likeness (QED) is 0.652. The smallest absolute Gasteiger partial charge is 0.240 e. The van der Waals surface area contributed by atoms with E-state index in [2.05, 4.69) is 32.5 Å². The van der Waals surface area contributed by atoms with Gasteiger partial charge in [0.05, 0.1) is 10.9 Å². The largest absolute Gasteiger partial charge is 0.354 e. The van der Waals surface area contributed by atoms with Gasteiger partial charge in [-0.3, -0.25) is 9.69 Å². The van der Waals surface area contributed by atoms with Crippen molar-refractivity contribution in [2.75, 3.05) is 26.7 Å². The van der Waals surface area contributed by atoms with Crippen LogP contribution in [0.25, 0.3) is 0 Å². The van der Waals surface area contributed by atoms with E-state index < -0.39 is 10.0 Å². The summed E-state index contributed by atoms with van der Waals surface area (Å²) in [6.45, 7) is 2.79. The van der Waals surface area contributed by atoms with Crippen molar-refractivity contribution >= 4 is 27.3 Å². The fraction of sp³-hybridized carbons (Fsp3) is 0.450. The highest BCUT2D eigenvalue weighted by atomic mass is 32.2. The number of thiophene rings is 1. The Kier molecular flexibility index (Phi) is 7.23. The molecule has 0 saturated carbocycles. The number of benzene rings is 1. The zero-order valence-corrected chi connectivity index (χ0v) is 17.7. The topological polar surface area (TPSA) is 78.5 Å². The van der Waals surface area contributed by atoms with Crippen LogP contribution in [0.1, 0.15) is 35.7 Å². The van der Waals surface area contributed by atoms with Crippen molar-refractivity contribution in [2.45, 2.75) is 36.6 Å². The van der Waals surface area contributed by atoms with E-state index in [0.29, 0.717) is 19.4 Å². The summed E-state index contributed by atoms with van der Waals surface area (Å²) in [5.41, 5.74) is 0.944. The predicted molar refractivity (Wildman–Crippen MR) is 112 cm³/mol. The molecule has 0 radical (unpaired) electrons. The van der Waals surface area contributed by atoms with Crippen LogP contribution in [0.5, 0.6) is 0 Å². The summed E-state index contributed by atoms with van der Waals surface area (Å²) in [5.74, 6) is 0.0210. The van der Waals surface area contributed by atoms with Gasteiger partial charge in [-0.1, -0.05) is 18.2 Å². The Hall–Kier alpha value is -1.74. The second-order valence-electron chi connectivity index (χ2n) is 6.93. The Morgan fingerprint density at radius 3 is 2.50 bits per heavy atom. The van der Waals surface area contributed by atoms with E-state index in [1.165, 1.54) is 24.8 Å². The first-order valence-corrected chi connectivity index (χ1v) is 11.9. The van der Waals surface area contributed by atoms with Gasteiger partial charge in [-0.2, -0.15) is 0 Å². The zero-order valence-electron chi connectivity index (χ0n) is 16.1. The van der Waals surface area contributed by atoms with Crippen LogP contribution in [-0.2, 0) is 21.2 Å². The third-order valence-corrected chi connectivity index (χ3v) is 7.49. The minimum atomic E-state index is -3.43. The second kappa shape index (κ2) is 9.65. The normalized spacial score (nSPS) is 16.2. The summed E-state index contributed by atoms with van der Waals surface area (Å²) in [5, 5.41) is 5.16. The molecule has 1 amide bonds. The number of aryl methyl sites for hydroxylation is 1. The standard InChI is InChI=1S/C20H27N3O3S2/c1-21-28(25,26)17-9-6-16(7-10-17)8-11-20(24)22-15-18(19-5-4-14-27-19)23-12-2-3-13-23/h4-7,9-10,14,18,21H,2-3,8,11-13,15H2,1H3,(H,22,24). The molecule has 1 aliphatic heterocycles. The van der Waals surface area contributed by atoms with Gasteiger partial charge < -0.3 is 5.32 Å². The lowest BCUT2D eigenvalue weighted by Gasteiger charge is -2.26. The van der Waals surface area contributed by atoms with Gasteiger partial charge in [-0.05, 0) is 68.5 Å². The summed E-state index contributed by atoms with van der Waals surface area (Å²) in [4.78, 5) is 16.3. The van der Waals surface area contributed by atoms with Crippen molar-refractivity contribution in [3.05, 3.63) is 52.2 Å². The second-order valence-corrected chi connectivity index (χ2v) is 9.80. The van der Waals surface area contributed by atoms with Gasteiger partial charge in [-0.25, -0.2) is 13.1 Å². The number of carbonyl (C=O) groups excluding carboxylic acids is 1. The minimum absolute atomic E-state index is 0.0210. The molecule has 0 spiro atoms. The number of amides is 1. The van der Waals surface area contributed by atoms with Crippen LogP contribution in [0.4, 0.5) is 0 Å². The Labute approximate surface area is 171 Å². The maximum absolute atomic E-state index is 12.3. The van der Waals surface area contributed by atoms with E-state index >= 15 is 0 Å². The molecule has 152 valence electrons. The highest BCUT2D eigenvalue weighted by Crippen LogP contribution is 2.27. The van der Waals surface area contributed by atoms with Crippen molar-refractivity contribution in [2.24, 2.45) is 0 Å². The first-order chi connectivity index (χ1) is 13.5. The average Bonchev–Trinajstić information content (AvgIpc) is 3.42. The van der Waals surface area contributed by atoms with Gasteiger partial charge in [0, 0.05) is 17.8 Å². The van der Waals surface area contributed by atoms with Crippen molar-refractivity contribution in [1.82, 2.24) is 14.9 Å². The average molecular weight is 422 g/mol. The molecule has 1 aliphatic rings. The molecule has 1 aromatic heterocycles. The van der Waals surface area contributed by atoms with Gasteiger partial charge in [0.25, 0.3) is 0 Å². The monoisotopic (exact) mass is 421 g/mol. The molecule has 2 aromatic rings. The van der Waals surface area contributed by atoms with Crippen LogP contribution in [0, 0.1) is 0 Å². The third kappa shape index (κ3) is 5.41. The van der Waals surface area contributed by atoms with E-state index in [4.69, 9.17) is 0 Å². The molecule has 6 nitrogen and oxygen atoms in total. The fourth-order valence-electron chi connectivity index (χ4n) is 3.45. The highest BCUT2D eigenvalue weighted by Gasteiger charge is 2.24. The van der Waals surface area contributed by atoms with Crippen LogP contribution in [0.15, 0.2) is 46.7 Å². The summed E-state index contributed by atoms with van der Waals surface area (Å²) >= 11 is 1.74. The first-order valence-electron chi connectivity index (χ1n) is 9.56. The van der Waals surface area contributed by atoms with E-state index in [-0.39, 0.29) is 16.8 Å². The molecule has 1 atom stereocenters. The Morgan fingerprint density at radius 1 is 1.18 bits per heavy atom. The number of sulfonamides is 1. The zero-order chi connectivity index (χ0) is 20.0. The van der Waals surface area contributed by atoms with Crippen LogP contribution in [0.3, 0.4) is 0 Å². The van der Waals surface area contributed by atoms with Crippen molar-refractivity contribution in [3.8, 4) is 0 Å². The number of carbonyl (C=O) groups is 1. The lowest BCUT2D eigenvalue weighted by atomic mass is 10.1. The highest BCUT2D eigenvalue weighted by molar-refractivity contribution is 7.89. The van der Waals surface area contributed by atoms with Crippen LogP contribution in [-0.4, -0.2) is 45.9 Å². The van der Waals surface area contributed by atoms with Crippen LogP contribution < -0.4 is 10.0 Å². The molecule has 1 saturated heterocycles. The van der Waals surface area contributed by atoms with Gasteiger partial charge in [0.1, 0.15) is 0 Å². The molecule has 8 heteroatoms. The maximum atomic E-state index is 12.3. The first kappa shape index (κ1) is 21.0. The lowest BCUT2D eigenvalue weighted by molar-refractivity contribution is -0.121. The molecule has 0 aliphatic carbocycles. The Bertz CT molecular complexity index is 859. The summed E-state index contributed by atoms with van der Waals surface area (Å²) < 4.78 is 25.8. The molecular weight excluding hydrogens is 394 g/mol. The number of nitrogens with zero attached hydrogens (tertiary/aromatic N) is 1. The molecule has 2 N–H and O–H groups in total. The number of hydrogen-bond acceptors (Lipinski definition) is 5. The molecule has 2 heterocycles. The number of nitrogens with one attached hydrogen (secondary N) is 2. The predicted octanol–water partition coefficient (Wildman–Crippen LogP) is 2.54. The molecule has 3 rings (SSSR count). The molecule has 1 aromatic carbocycles. The third-order valence-electron chi connectivity index (χ3n) is 5.09. The van der Waals surface area contributed by atoms with Gasteiger partial charge in [0.15, 0.2) is 0 Å². The van der Waals surface area contributed by atoms with E-state index in [1.54, 1.807) is 35.6 Å².